The Morgan fingerprint density at radius 3 is 2.68 bits per heavy atom. The lowest BCUT2D eigenvalue weighted by Gasteiger charge is -2.24. The van der Waals surface area contributed by atoms with E-state index in [2.05, 4.69) is 4.58 Å². The molecule has 1 aliphatic heterocycles. The van der Waals surface area contributed by atoms with E-state index in [0.29, 0.717) is 11.9 Å². The molecule has 0 aromatic heterocycles. The second-order valence-corrected chi connectivity index (χ2v) is 5.93. The quantitative estimate of drug-likeness (QED) is 0.387. The van der Waals surface area contributed by atoms with Gasteiger partial charge in [0.05, 0.1) is 11.1 Å². The van der Waals surface area contributed by atoms with Gasteiger partial charge in [-0.05, 0) is 6.92 Å². The molecule has 0 spiro atoms. The lowest BCUT2D eigenvalue weighted by Crippen LogP contribution is -2.53. The van der Waals surface area contributed by atoms with Gasteiger partial charge in [-0.15, -0.1) is 16.7 Å². The molecule has 8 nitrogen and oxygen atoms in total. The number of carbonyl (C=O) groups excluding carboxylic acids is 2. The van der Waals surface area contributed by atoms with Crippen molar-refractivity contribution in [3.8, 4) is 0 Å². The van der Waals surface area contributed by atoms with Gasteiger partial charge >= 0.3 is 5.97 Å². The summed E-state index contributed by atoms with van der Waals surface area (Å²) in [4.78, 5) is 45.8. The van der Waals surface area contributed by atoms with E-state index in [-0.39, 0.29) is 11.6 Å². The highest BCUT2D eigenvalue weighted by Gasteiger charge is 2.39. The summed E-state index contributed by atoms with van der Waals surface area (Å²) >= 11 is 1.76. The van der Waals surface area contributed by atoms with Crippen LogP contribution in [-0.2, 0) is 14.4 Å². The summed E-state index contributed by atoms with van der Waals surface area (Å²) in [6.45, 7) is 1.41. The van der Waals surface area contributed by atoms with Gasteiger partial charge in [-0.2, -0.15) is 0 Å². The van der Waals surface area contributed by atoms with Gasteiger partial charge < -0.3 is 15.7 Å². The van der Waals surface area contributed by atoms with Crippen molar-refractivity contribution in [3.05, 3.63) is 4.91 Å². The van der Waals surface area contributed by atoms with E-state index in [0.717, 1.165) is 4.90 Å². The molecule has 1 heterocycles. The summed E-state index contributed by atoms with van der Waals surface area (Å²) in [5.41, 5.74) is 5.53. The molecule has 0 aromatic rings. The van der Waals surface area contributed by atoms with Gasteiger partial charge in [-0.25, -0.2) is 4.79 Å². The number of amides is 1. The van der Waals surface area contributed by atoms with Gasteiger partial charge in [-0.1, -0.05) is 0 Å². The van der Waals surface area contributed by atoms with E-state index in [1.165, 1.54) is 18.7 Å². The second-order valence-electron chi connectivity index (χ2n) is 3.86. The molecule has 10 heteroatoms. The van der Waals surface area contributed by atoms with Crippen molar-refractivity contribution in [2.24, 2.45) is 10.3 Å². The minimum Gasteiger partial charge on any atom is -0.480 e. The van der Waals surface area contributed by atoms with Gasteiger partial charge in [0.25, 0.3) is 0 Å². The number of carbonyl (C=O) groups is 3. The number of rotatable bonds is 6. The summed E-state index contributed by atoms with van der Waals surface area (Å²) in [6, 6.07) is -2.44. The Kier molecular flexibility index (Phi) is 5.76. The number of hydrogen-bond donors (Lipinski definition) is 2. The monoisotopic (exact) mass is 307 g/mol. The third-order valence-electron chi connectivity index (χ3n) is 2.62. The maximum absolute atomic E-state index is 12.0. The Balaban J connectivity index is 2.73. The number of hydrogen-bond acceptors (Lipinski definition) is 8. The van der Waals surface area contributed by atoms with Crippen LogP contribution in [0.2, 0.25) is 0 Å². The average molecular weight is 307 g/mol. The van der Waals surface area contributed by atoms with Crippen molar-refractivity contribution in [3.63, 3.8) is 0 Å². The summed E-state index contributed by atoms with van der Waals surface area (Å²) in [6.07, 6.45) is 0. The van der Waals surface area contributed by atoms with Crippen molar-refractivity contribution < 1.29 is 19.5 Å². The minimum absolute atomic E-state index is 0.185. The van der Waals surface area contributed by atoms with E-state index < -0.39 is 35.0 Å². The molecular weight excluding hydrogens is 294 g/mol. The molecule has 0 aromatic carbocycles. The summed E-state index contributed by atoms with van der Waals surface area (Å²) < 4.78 is 2.51. The molecule has 3 atom stereocenters. The van der Waals surface area contributed by atoms with Gasteiger partial charge in [0.2, 0.25) is 5.91 Å². The molecule has 0 aliphatic carbocycles. The van der Waals surface area contributed by atoms with Crippen LogP contribution in [0.1, 0.15) is 6.92 Å². The molecule has 1 saturated heterocycles. The van der Waals surface area contributed by atoms with Crippen molar-refractivity contribution in [1.29, 1.82) is 0 Å². The first-order valence-electron chi connectivity index (χ1n) is 5.29. The smallest absolute Gasteiger partial charge is 0.327 e. The van der Waals surface area contributed by atoms with E-state index >= 15 is 0 Å². The zero-order valence-corrected chi connectivity index (χ0v) is 11.6. The van der Waals surface area contributed by atoms with Crippen LogP contribution in [0.25, 0.3) is 0 Å². The predicted octanol–water partition coefficient (Wildman–Crippen LogP) is -0.328. The first kappa shape index (κ1) is 15.9. The number of carboxylic acids is 1. The largest absolute Gasteiger partial charge is 0.480 e. The highest BCUT2D eigenvalue weighted by molar-refractivity contribution is 7.99. The molecule has 106 valence electrons. The third kappa shape index (κ3) is 3.67. The first-order chi connectivity index (χ1) is 8.90. The summed E-state index contributed by atoms with van der Waals surface area (Å²) in [5, 5.41) is 8.11. The summed E-state index contributed by atoms with van der Waals surface area (Å²) in [7, 11) is 0. The molecule has 0 bridgehead atoms. The van der Waals surface area contributed by atoms with Crippen molar-refractivity contribution in [1.82, 2.24) is 4.90 Å². The Morgan fingerprint density at radius 1 is 1.53 bits per heavy atom. The molecule has 1 aliphatic rings. The van der Waals surface area contributed by atoms with Crippen LogP contribution in [0.3, 0.4) is 0 Å². The fourth-order valence-corrected chi connectivity index (χ4v) is 3.07. The van der Waals surface area contributed by atoms with Crippen LogP contribution in [0.5, 0.6) is 0 Å². The van der Waals surface area contributed by atoms with E-state index in [9.17, 15) is 19.3 Å². The number of nitrogens with two attached hydrogens (primary N) is 1. The number of carboxylic acid groups (broad SMARTS) is 1. The molecule has 1 amide bonds. The normalized spacial score (nSPS) is 21.8. The van der Waals surface area contributed by atoms with Crippen LogP contribution in [0.15, 0.2) is 4.58 Å². The topological polar surface area (TPSA) is 130 Å². The molecule has 3 unspecified atom stereocenters. The van der Waals surface area contributed by atoms with E-state index in [1.54, 1.807) is 0 Å². The van der Waals surface area contributed by atoms with Crippen LogP contribution in [-0.4, -0.2) is 56.6 Å². The Hall–Kier alpha value is -1.13. The maximum atomic E-state index is 12.0. The Bertz CT molecular complexity index is 405. The lowest BCUT2D eigenvalue weighted by molar-refractivity contribution is -0.149. The van der Waals surface area contributed by atoms with Crippen LogP contribution in [0.4, 0.5) is 0 Å². The standard InChI is InChI=1S/C9H13N3O5S2/c1-4(19-11-17)7(13)6(10)8(14)12-3-18-2-5(12)9(15)16/h4-6H,2-3,10H2,1H3,(H,15,16). The van der Waals surface area contributed by atoms with E-state index in [4.69, 9.17) is 10.8 Å². The lowest BCUT2D eigenvalue weighted by atomic mass is 10.1. The van der Waals surface area contributed by atoms with Gasteiger partial charge in [-0.3, -0.25) is 9.59 Å². The van der Waals surface area contributed by atoms with Gasteiger partial charge in [0.1, 0.15) is 12.1 Å². The highest BCUT2D eigenvalue weighted by atomic mass is 32.2. The fraction of sp³-hybridized carbons (Fsp3) is 0.667. The number of ketones is 1. The number of thioether (sulfide) groups is 1. The average Bonchev–Trinajstić information content (AvgIpc) is 2.85. The molecular formula is C9H13N3O5S2. The van der Waals surface area contributed by atoms with Crippen molar-refractivity contribution >= 4 is 41.4 Å². The maximum Gasteiger partial charge on any atom is 0.327 e. The van der Waals surface area contributed by atoms with Crippen molar-refractivity contribution in [2.45, 2.75) is 24.3 Å². The highest BCUT2D eigenvalue weighted by Crippen LogP contribution is 2.22. The zero-order chi connectivity index (χ0) is 14.6. The van der Waals surface area contributed by atoms with Crippen LogP contribution in [0, 0.1) is 4.91 Å². The molecule has 0 radical (unpaired) electrons. The summed E-state index contributed by atoms with van der Waals surface area (Å²) in [5.74, 6) is -2.06. The van der Waals surface area contributed by atoms with Crippen LogP contribution >= 0.6 is 23.7 Å². The van der Waals surface area contributed by atoms with Gasteiger partial charge in [0.15, 0.2) is 5.78 Å². The van der Waals surface area contributed by atoms with E-state index in [1.807, 2.05) is 0 Å². The first-order valence-corrected chi connectivity index (χ1v) is 7.28. The Labute approximate surface area is 117 Å². The molecule has 0 saturated carbocycles. The Morgan fingerprint density at radius 2 is 2.16 bits per heavy atom. The number of aliphatic carboxylic acids is 1. The molecule has 3 N–H and O–H groups in total. The third-order valence-corrected chi connectivity index (χ3v) is 4.27. The fourth-order valence-electron chi connectivity index (χ4n) is 1.53. The zero-order valence-electron chi connectivity index (χ0n) is 10.0. The molecule has 19 heavy (non-hydrogen) atoms. The predicted molar refractivity (Wildman–Crippen MR) is 71.4 cm³/mol. The molecule has 1 fully saturated rings. The van der Waals surface area contributed by atoms with Gasteiger partial charge in [0, 0.05) is 22.3 Å². The number of Topliss-reactive ketones (excluding diaryl/α,β-unsaturated/α-hetero) is 1. The second kappa shape index (κ2) is 6.87. The van der Waals surface area contributed by atoms with Crippen molar-refractivity contribution in [2.75, 3.05) is 11.6 Å². The number of nitroso groups, excluding NO2 is 1. The minimum atomic E-state index is -1.47. The van der Waals surface area contributed by atoms with Crippen LogP contribution < -0.4 is 5.73 Å². The SMILES string of the molecule is CC(SN=O)C(=O)C(N)C(=O)N1CSCC1C(=O)O. The molecule has 1 rings (SSSR count). The number of nitrogens with zero attached hydrogens (tertiary/aromatic N) is 2.